The van der Waals surface area contributed by atoms with Gasteiger partial charge in [0.05, 0.1) is 0 Å². The van der Waals surface area contributed by atoms with Gasteiger partial charge in [-0.2, -0.15) is 0 Å². The van der Waals surface area contributed by atoms with E-state index < -0.39 is 0 Å². The van der Waals surface area contributed by atoms with E-state index in [1.165, 1.54) is 0 Å². The molecule has 0 aliphatic heterocycles. The second kappa shape index (κ2) is 16.8. The zero-order valence-electron chi connectivity index (χ0n) is 1.71. The molecule has 0 aromatic heterocycles. The minimum absolute atomic E-state index is 0. The van der Waals surface area contributed by atoms with Crippen molar-refractivity contribution in [2.45, 2.75) is 0 Å². The van der Waals surface area contributed by atoms with Crippen LogP contribution in [0.5, 0.6) is 0 Å². The van der Waals surface area contributed by atoms with Crippen LogP contribution in [-0.4, -0.2) is 41.3 Å². The molecule has 0 saturated heterocycles. The predicted octanol–water partition coefficient (Wildman–Crippen LogP) is -2.11. The molecule has 20 valence electrons. The van der Waals surface area contributed by atoms with Crippen molar-refractivity contribution in [3.05, 3.63) is 0 Å². The minimum Gasteiger partial charge on any atom is 0 e. The first-order valence-electron chi connectivity index (χ1n) is 0. The van der Waals surface area contributed by atoms with E-state index in [2.05, 4.69) is 0 Å². The van der Waals surface area contributed by atoms with Crippen molar-refractivity contribution in [3.63, 3.8) is 0 Å². The van der Waals surface area contributed by atoms with Crippen LogP contribution in [0.2, 0.25) is 0 Å². The van der Waals surface area contributed by atoms with Crippen molar-refractivity contribution in [2.75, 3.05) is 0 Å². The van der Waals surface area contributed by atoms with Crippen molar-refractivity contribution in [1.82, 2.24) is 0 Å². The summed E-state index contributed by atoms with van der Waals surface area (Å²) in [6.45, 7) is 0. The van der Waals surface area contributed by atoms with E-state index in [0.29, 0.717) is 0 Å². The molecule has 0 N–H and O–H groups in total. The predicted molar refractivity (Wildman–Crippen MR) is 18.5 cm³/mol. The molecule has 0 aromatic carbocycles. The molecule has 4 heteroatoms. The average molecular weight is 290 g/mol. The normalized spacial score (nSPS) is 0. The molecule has 0 atom stereocenters. The summed E-state index contributed by atoms with van der Waals surface area (Å²) in [5, 5.41) is 0. The van der Waals surface area contributed by atoms with Gasteiger partial charge in [0, 0.05) is 47.9 Å². The Morgan fingerprint density at radius 2 is 1.00 bits per heavy atom. The summed E-state index contributed by atoms with van der Waals surface area (Å²) in [5.74, 6) is 0. The topological polar surface area (TPSA) is 0 Å². The molecular weight excluding hydrogens is 285 g/mol. The van der Waals surface area contributed by atoms with Crippen molar-refractivity contribution in [1.29, 1.82) is 0 Å². The molecule has 0 rings (SSSR count). The van der Waals surface area contributed by atoms with Gasteiger partial charge in [0.15, 0.2) is 17.4 Å². The Morgan fingerprint density at radius 3 is 1.00 bits per heavy atom. The van der Waals surface area contributed by atoms with Crippen molar-refractivity contribution < 1.29 is 47.9 Å². The van der Waals surface area contributed by atoms with Gasteiger partial charge in [-0.3, -0.25) is 0 Å². The van der Waals surface area contributed by atoms with E-state index in [-0.39, 0.29) is 89.2 Å². The maximum atomic E-state index is 0. The van der Waals surface area contributed by atoms with E-state index >= 15 is 0 Å². The van der Waals surface area contributed by atoms with Gasteiger partial charge in [0.1, 0.15) is 0 Å². The van der Waals surface area contributed by atoms with Crippen LogP contribution in [0.4, 0.5) is 0 Å². The zero-order chi connectivity index (χ0) is 0. The van der Waals surface area contributed by atoms with E-state index in [1.54, 1.807) is 0 Å². The quantitative estimate of drug-likeness (QED) is 0.448. The molecule has 0 heterocycles. The molecule has 2 radical (unpaired) electrons. The fourth-order valence-corrected chi connectivity index (χ4v) is 0. The Balaban J connectivity index is 0. The number of hydrogen-bond donors (Lipinski definition) is 0. The molecule has 0 aliphatic rings. The molecule has 0 aliphatic carbocycles. The first-order valence-corrected chi connectivity index (χ1v) is 0. The maximum absolute atomic E-state index is 0. The Hall–Kier alpha value is 2.93. The van der Waals surface area contributed by atoms with E-state index in [0.717, 1.165) is 0 Å². The SMILES string of the molecule is [AlH3].[SnH2].[Ti].[Zr]. The fraction of sp³-hybridized carbons (Fsp3) is 0. The standard InChI is InChI=1S/Al.Sn.Ti.Zr.5H. The van der Waals surface area contributed by atoms with Crippen LogP contribution in [0.3, 0.4) is 0 Å². The Kier molecular flexibility index (Phi) is 119. The van der Waals surface area contributed by atoms with Gasteiger partial charge in [0.25, 0.3) is 0 Å². The monoisotopic (exact) mass is 290 g/mol. The number of rotatable bonds is 0. The van der Waals surface area contributed by atoms with Gasteiger partial charge < -0.3 is 0 Å². The second-order valence-corrected chi connectivity index (χ2v) is 0. The fourth-order valence-electron chi connectivity index (χ4n) is 0. The zero-order valence-corrected chi connectivity index (χ0v) is 9.76. The Labute approximate surface area is 87.6 Å². The van der Waals surface area contributed by atoms with Crippen LogP contribution in [0.15, 0.2) is 0 Å². The summed E-state index contributed by atoms with van der Waals surface area (Å²) in [6, 6.07) is 0. The van der Waals surface area contributed by atoms with Crippen molar-refractivity contribution in [2.24, 2.45) is 0 Å². The van der Waals surface area contributed by atoms with Crippen LogP contribution in [-0.2, 0) is 47.9 Å². The average Bonchev–Trinajstić information content (AvgIpc) is 0. The van der Waals surface area contributed by atoms with Gasteiger partial charge in [-0.05, 0) is 0 Å². The van der Waals surface area contributed by atoms with Crippen LogP contribution in [0, 0.1) is 0 Å². The molecule has 0 nitrogen and oxygen atoms in total. The summed E-state index contributed by atoms with van der Waals surface area (Å²) in [4.78, 5) is 0. The molecule has 0 fully saturated rings. The van der Waals surface area contributed by atoms with Gasteiger partial charge >= 0.3 is 23.9 Å². The van der Waals surface area contributed by atoms with Gasteiger partial charge in [-0.25, -0.2) is 0 Å². The first-order chi connectivity index (χ1) is 0. The smallest absolute Gasteiger partial charge is 0 e. The van der Waals surface area contributed by atoms with Crippen LogP contribution in [0.25, 0.3) is 0 Å². The third-order valence-corrected chi connectivity index (χ3v) is 0. The van der Waals surface area contributed by atoms with Crippen molar-refractivity contribution in [3.8, 4) is 0 Å². The molecule has 4 heavy (non-hydrogen) atoms. The van der Waals surface area contributed by atoms with Crippen LogP contribution < -0.4 is 0 Å². The summed E-state index contributed by atoms with van der Waals surface area (Å²) in [6.07, 6.45) is 0. The maximum Gasteiger partial charge on any atom is 0 e. The second-order valence-electron chi connectivity index (χ2n) is 0. The number of hydrogen-bond acceptors (Lipinski definition) is 0. The molecule has 0 amide bonds. The van der Waals surface area contributed by atoms with Gasteiger partial charge in [-0.1, -0.05) is 0 Å². The van der Waals surface area contributed by atoms with E-state index in [1.807, 2.05) is 0 Å². The minimum atomic E-state index is 0. The third-order valence-electron chi connectivity index (χ3n) is 0. The summed E-state index contributed by atoms with van der Waals surface area (Å²) in [7, 11) is 0. The molecule has 0 bridgehead atoms. The van der Waals surface area contributed by atoms with Crippen LogP contribution >= 0.6 is 0 Å². The largest absolute Gasteiger partial charge is 0 e. The van der Waals surface area contributed by atoms with E-state index in [9.17, 15) is 0 Å². The first kappa shape index (κ1) is 28.4. The third kappa shape index (κ3) is 8.87. The van der Waals surface area contributed by atoms with E-state index in [4.69, 9.17) is 0 Å². The summed E-state index contributed by atoms with van der Waals surface area (Å²) in [5.41, 5.74) is 0. The molecule has 0 aromatic rings. The van der Waals surface area contributed by atoms with Crippen LogP contribution in [0.1, 0.15) is 0 Å². The van der Waals surface area contributed by atoms with Crippen molar-refractivity contribution >= 4 is 41.3 Å². The summed E-state index contributed by atoms with van der Waals surface area (Å²) >= 11 is 0. The van der Waals surface area contributed by atoms with Gasteiger partial charge in [0.2, 0.25) is 0 Å². The van der Waals surface area contributed by atoms with Gasteiger partial charge in [-0.15, -0.1) is 0 Å². The Bertz CT molecular complexity index is 8.00. The molecule has 0 spiro atoms. The molecule has 0 unspecified atom stereocenters. The molecular formula is H5AlSnTiZr. The summed E-state index contributed by atoms with van der Waals surface area (Å²) < 4.78 is 0. The Morgan fingerprint density at radius 1 is 1.00 bits per heavy atom. The molecule has 0 saturated carbocycles.